The number of benzene rings is 1. The molecule has 0 unspecified atom stereocenters. The van der Waals surface area contributed by atoms with Gasteiger partial charge >= 0.3 is 0 Å². The average molecular weight is 393 g/mol. The fourth-order valence-corrected chi connectivity index (χ4v) is 3.19. The second-order valence-electron chi connectivity index (χ2n) is 5.98. The van der Waals surface area contributed by atoms with Crippen molar-refractivity contribution in [3.63, 3.8) is 0 Å². The van der Waals surface area contributed by atoms with Crippen LogP contribution < -0.4 is 10.5 Å². The summed E-state index contributed by atoms with van der Waals surface area (Å²) in [6.45, 7) is 2.47. The number of hydrogen-bond donors (Lipinski definition) is 1. The topological polar surface area (TPSA) is 68.7 Å². The van der Waals surface area contributed by atoms with Crippen molar-refractivity contribution in [2.24, 2.45) is 11.7 Å². The molecular formula is C18H21BrN2O3. The first kappa shape index (κ1) is 17.0. The SMILES string of the molecule is NCC1CCN(C(=O)c2ccc(COc3cccc(Br)c3)o2)CC1. The van der Waals surface area contributed by atoms with Crippen LogP contribution in [0.25, 0.3) is 0 Å². The Balaban J connectivity index is 1.56. The Morgan fingerprint density at radius 2 is 2.08 bits per heavy atom. The van der Waals surface area contributed by atoms with Crippen LogP contribution in [-0.2, 0) is 6.61 Å². The fourth-order valence-electron chi connectivity index (χ4n) is 2.81. The minimum Gasteiger partial charge on any atom is -0.486 e. The Kier molecular flexibility index (Phi) is 5.58. The van der Waals surface area contributed by atoms with E-state index in [0.29, 0.717) is 30.6 Å². The quantitative estimate of drug-likeness (QED) is 0.845. The predicted octanol–water partition coefficient (Wildman–Crippen LogP) is 3.43. The van der Waals surface area contributed by atoms with E-state index in [1.165, 1.54) is 0 Å². The van der Waals surface area contributed by atoms with Crippen LogP contribution in [-0.4, -0.2) is 30.4 Å². The van der Waals surface area contributed by atoms with E-state index in [9.17, 15) is 4.79 Å². The third-order valence-electron chi connectivity index (χ3n) is 4.28. The molecular weight excluding hydrogens is 372 g/mol. The summed E-state index contributed by atoms with van der Waals surface area (Å²) >= 11 is 3.40. The second-order valence-corrected chi connectivity index (χ2v) is 6.90. The van der Waals surface area contributed by atoms with Crippen LogP contribution in [0.15, 0.2) is 45.3 Å². The maximum Gasteiger partial charge on any atom is 0.289 e. The molecule has 1 saturated heterocycles. The number of ether oxygens (including phenoxy) is 1. The van der Waals surface area contributed by atoms with Crippen LogP contribution in [0, 0.1) is 5.92 Å². The number of rotatable bonds is 5. The van der Waals surface area contributed by atoms with Gasteiger partial charge in [0.05, 0.1) is 0 Å². The minimum atomic E-state index is -0.0563. The van der Waals surface area contributed by atoms with Crippen molar-refractivity contribution in [3.05, 3.63) is 52.4 Å². The van der Waals surface area contributed by atoms with Gasteiger partial charge in [-0.05, 0) is 55.6 Å². The van der Waals surface area contributed by atoms with Crippen LogP contribution in [0.5, 0.6) is 5.75 Å². The Morgan fingerprint density at radius 1 is 1.29 bits per heavy atom. The lowest BCUT2D eigenvalue weighted by atomic mass is 9.97. The summed E-state index contributed by atoms with van der Waals surface area (Å²) in [6, 6.07) is 11.1. The summed E-state index contributed by atoms with van der Waals surface area (Å²) in [5.41, 5.74) is 5.69. The molecule has 0 atom stereocenters. The highest BCUT2D eigenvalue weighted by molar-refractivity contribution is 9.10. The highest BCUT2D eigenvalue weighted by atomic mass is 79.9. The van der Waals surface area contributed by atoms with Gasteiger partial charge in [-0.3, -0.25) is 4.79 Å². The van der Waals surface area contributed by atoms with Gasteiger partial charge in [0.1, 0.15) is 18.1 Å². The molecule has 0 saturated carbocycles. The molecule has 2 aromatic rings. The zero-order valence-corrected chi connectivity index (χ0v) is 15.0. The fraction of sp³-hybridized carbons (Fsp3) is 0.389. The predicted molar refractivity (Wildman–Crippen MR) is 94.9 cm³/mol. The van der Waals surface area contributed by atoms with Crippen LogP contribution >= 0.6 is 15.9 Å². The molecule has 1 aliphatic rings. The third-order valence-corrected chi connectivity index (χ3v) is 4.78. The van der Waals surface area contributed by atoms with E-state index in [0.717, 1.165) is 36.2 Å². The number of hydrogen-bond acceptors (Lipinski definition) is 4. The van der Waals surface area contributed by atoms with Gasteiger partial charge in [-0.15, -0.1) is 0 Å². The summed E-state index contributed by atoms with van der Waals surface area (Å²) in [4.78, 5) is 14.3. The van der Waals surface area contributed by atoms with E-state index >= 15 is 0 Å². The normalized spacial score (nSPS) is 15.5. The Bertz CT molecular complexity index is 693. The number of nitrogens with two attached hydrogens (primary N) is 1. The van der Waals surface area contributed by atoms with Crippen molar-refractivity contribution in [1.29, 1.82) is 0 Å². The van der Waals surface area contributed by atoms with E-state index in [4.69, 9.17) is 14.9 Å². The first-order valence-electron chi connectivity index (χ1n) is 8.12. The van der Waals surface area contributed by atoms with Crippen LogP contribution in [0.3, 0.4) is 0 Å². The molecule has 6 heteroatoms. The average Bonchev–Trinajstić information content (AvgIpc) is 3.08. The number of amides is 1. The van der Waals surface area contributed by atoms with Crippen molar-refractivity contribution < 1.29 is 13.9 Å². The molecule has 0 bridgehead atoms. The minimum absolute atomic E-state index is 0.0563. The molecule has 128 valence electrons. The molecule has 1 fully saturated rings. The maximum atomic E-state index is 12.5. The van der Waals surface area contributed by atoms with E-state index in [2.05, 4.69) is 15.9 Å². The van der Waals surface area contributed by atoms with Crippen LogP contribution in [0.1, 0.15) is 29.2 Å². The molecule has 5 nitrogen and oxygen atoms in total. The first-order chi connectivity index (χ1) is 11.7. The zero-order chi connectivity index (χ0) is 16.9. The number of piperidine rings is 1. The van der Waals surface area contributed by atoms with Gasteiger partial charge in [0.15, 0.2) is 5.76 Å². The molecule has 1 aromatic heterocycles. The monoisotopic (exact) mass is 392 g/mol. The standard InChI is InChI=1S/C18H21BrN2O3/c19-14-2-1-3-15(10-14)23-12-16-4-5-17(24-16)18(22)21-8-6-13(11-20)7-9-21/h1-5,10,13H,6-9,11-12,20H2. The first-order valence-corrected chi connectivity index (χ1v) is 8.91. The molecule has 2 N–H and O–H groups in total. The van der Waals surface area contributed by atoms with Crippen molar-refractivity contribution in [1.82, 2.24) is 4.90 Å². The molecule has 0 spiro atoms. The summed E-state index contributed by atoms with van der Waals surface area (Å²) in [7, 11) is 0. The summed E-state index contributed by atoms with van der Waals surface area (Å²) in [6.07, 6.45) is 1.92. The number of carbonyl (C=O) groups is 1. The van der Waals surface area contributed by atoms with Gasteiger partial charge in [0.2, 0.25) is 0 Å². The van der Waals surface area contributed by atoms with Gasteiger partial charge in [-0.1, -0.05) is 22.0 Å². The molecule has 2 heterocycles. The van der Waals surface area contributed by atoms with Gasteiger partial charge in [0.25, 0.3) is 5.91 Å². The van der Waals surface area contributed by atoms with Gasteiger partial charge in [-0.2, -0.15) is 0 Å². The van der Waals surface area contributed by atoms with E-state index in [1.807, 2.05) is 29.2 Å². The van der Waals surface area contributed by atoms with Crippen LogP contribution in [0.2, 0.25) is 0 Å². The molecule has 1 aliphatic heterocycles. The zero-order valence-electron chi connectivity index (χ0n) is 13.4. The third kappa shape index (κ3) is 4.19. The van der Waals surface area contributed by atoms with Crippen molar-refractivity contribution in [2.75, 3.05) is 19.6 Å². The Labute approximate surface area is 149 Å². The van der Waals surface area contributed by atoms with Gasteiger partial charge < -0.3 is 19.8 Å². The Morgan fingerprint density at radius 3 is 2.79 bits per heavy atom. The summed E-state index contributed by atoms with van der Waals surface area (Å²) in [5.74, 6) is 2.22. The van der Waals surface area contributed by atoms with Gasteiger partial charge in [0, 0.05) is 17.6 Å². The molecule has 3 rings (SSSR count). The van der Waals surface area contributed by atoms with Crippen molar-refractivity contribution in [2.45, 2.75) is 19.4 Å². The highest BCUT2D eigenvalue weighted by Crippen LogP contribution is 2.21. The molecule has 1 aromatic carbocycles. The maximum absolute atomic E-state index is 12.5. The molecule has 0 aliphatic carbocycles. The van der Waals surface area contributed by atoms with E-state index < -0.39 is 0 Å². The molecule has 0 radical (unpaired) electrons. The Hall–Kier alpha value is -1.79. The van der Waals surface area contributed by atoms with Crippen molar-refractivity contribution in [3.8, 4) is 5.75 Å². The summed E-state index contributed by atoms with van der Waals surface area (Å²) < 4.78 is 12.3. The number of nitrogens with zero attached hydrogens (tertiary/aromatic N) is 1. The number of halogens is 1. The van der Waals surface area contributed by atoms with Gasteiger partial charge in [-0.25, -0.2) is 0 Å². The lowest BCUT2D eigenvalue weighted by molar-refractivity contribution is 0.0657. The summed E-state index contributed by atoms with van der Waals surface area (Å²) in [5, 5.41) is 0. The smallest absolute Gasteiger partial charge is 0.289 e. The lowest BCUT2D eigenvalue weighted by Crippen LogP contribution is -2.39. The molecule has 1 amide bonds. The van der Waals surface area contributed by atoms with E-state index in [-0.39, 0.29) is 5.91 Å². The van der Waals surface area contributed by atoms with Crippen molar-refractivity contribution >= 4 is 21.8 Å². The second kappa shape index (κ2) is 7.85. The number of likely N-dealkylation sites (tertiary alicyclic amines) is 1. The lowest BCUT2D eigenvalue weighted by Gasteiger charge is -2.30. The largest absolute Gasteiger partial charge is 0.486 e. The number of carbonyl (C=O) groups excluding carboxylic acids is 1. The number of furan rings is 1. The highest BCUT2D eigenvalue weighted by Gasteiger charge is 2.24. The van der Waals surface area contributed by atoms with E-state index in [1.54, 1.807) is 12.1 Å². The molecule has 24 heavy (non-hydrogen) atoms. The van der Waals surface area contributed by atoms with Crippen LogP contribution in [0.4, 0.5) is 0 Å².